The van der Waals surface area contributed by atoms with E-state index in [9.17, 15) is 43.2 Å². The van der Waals surface area contributed by atoms with Gasteiger partial charge in [0, 0.05) is 33.5 Å². The zero-order valence-electron chi connectivity index (χ0n) is 18.2. The minimum absolute atomic E-state index is 0.0132. The van der Waals surface area contributed by atoms with Crippen LogP contribution in [-0.2, 0) is 33.9 Å². The summed E-state index contributed by atoms with van der Waals surface area (Å²) < 4.78 is 139. The Hall–Kier alpha value is -0.680. The molecule has 2 atom stereocenters. The number of benzene rings is 1. The van der Waals surface area contributed by atoms with Gasteiger partial charge in [0.25, 0.3) is 0 Å². The number of hydrogen-bond acceptors (Lipinski definition) is 6. The van der Waals surface area contributed by atoms with Crippen LogP contribution in [0.25, 0.3) is 0 Å². The van der Waals surface area contributed by atoms with Gasteiger partial charge in [0.05, 0.1) is 0 Å². The molecule has 0 aromatic heterocycles. The van der Waals surface area contributed by atoms with E-state index in [1.54, 1.807) is 24.3 Å². The first-order valence-electron chi connectivity index (χ1n) is 10.7. The summed E-state index contributed by atoms with van der Waals surface area (Å²) >= 11 is 0. The van der Waals surface area contributed by atoms with Gasteiger partial charge in [-0.15, -0.1) is 20.6 Å². The Balaban J connectivity index is 1.86. The molecule has 3 aliphatic rings. The Bertz CT molecular complexity index is 1170. The zero-order chi connectivity index (χ0) is 25.9. The Labute approximate surface area is 203 Å². The van der Waals surface area contributed by atoms with E-state index < -0.39 is 62.4 Å². The molecule has 0 radical (unpaired) electrons. The molecule has 2 saturated heterocycles. The number of hydrogen-bond donors (Lipinski definition) is 0. The van der Waals surface area contributed by atoms with Crippen molar-refractivity contribution < 1.29 is 50.4 Å². The molecule has 1 aromatic carbocycles. The second kappa shape index (κ2) is 8.96. The monoisotopic (exact) mass is 590 g/mol. The lowest BCUT2D eigenvalue weighted by molar-refractivity contribution is -0.0501. The Morgan fingerprint density at radius 1 is 0.714 bits per heavy atom. The highest BCUT2D eigenvalue weighted by Crippen LogP contribution is 2.77. The third-order valence-electron chi connectivity index (χ3n) is 6.61. The molecule has 2 fully saturated rings. The average Bonchev–Trinajstić information content (AvgIpc) is 3.44. The minimum atomic E-state index is -6.00. The van der Waals surface area contributed by atoms with Crippen molar-refractivity contribution in [2.24, 2.45) is 0 Å². The molecule has 0 bridgehead atoms. The first-order chi connectivity index (χ1) is 16.0. The van der Waals surface area contributed by atoms with E-state index in [1.165, 1.54) is 0 Å². The van der Waals surface area contributed by atoms with E-state index in [4.69, 9.17) is 7.26 Å². The van der Waals surface area contributed by atoms with Gasteiger partial charge >= 0.3 is 31.3 Å². The largest absolute Gasteiger partial charge is 0.523 e. The normalized spacial score (nSPS) is 28.5. The lowest BCUT2D eigenvalue weighted by Gasteiger charge is -2.49. The summed E-state index contributed by atoms with van der Waals surface area (Å²) in [5.74, 6) is 0.0801. The molecule has 0 amide bonds. The summed E-state index contributed by atoms with van der Waals surface area (Å²) in [6, 6.07) is 6.55. The summed E-state index contributed by atoms with van der Waals surface area (Å²) in [5.41, 5.74) is -10.2. The molecule has 1 aliphatic carbocycles. The fraction of sp³-hybridized carbons (Fsp3) is 0.684. The van der Waals surface area contributed by atoms with Crippen molar-refractivity contribution in [3.8, 4) is 0 Å². The molecule has 0 spiro atoms. The SMILES string of the molecule is O=S(=O)(OS1(C2Cc3ccccc3C2S2(OS(=O)(=O)C(F)(F)F)CCCC2)CCCC1)C(F)(F)F. The quantitative estimate of drug-likeness (QED) is 0.325. The zero-order valence-corrected chi connectivity index (χ0v) is 21.4. The van der Waals surface area contributed by atoms with Crippen molar-refractivity contribution in [1.29, 1.82) is 0 Å². The van der Waals surface area contributed by atoms with Crippen LogP contribution in [0.15, 0.2) is 24.3 Å². The summed E-state index contributed by atoms with van der Waals surface area (Å²) in [7, 11) is -18.0. The van der Waals surface area contributed by atoms with E-state index >= 15 is 0 Å². The van der Waals surface area contributed by atoms with E-state index in [2.05, 4.69) is 0 Å². The molecule has 4 rings (SSSR count). The van der Waals surface area contributed by atoms with Crippen LogP contribution in [0.2, 0.25) is 0 Å². The van der Waals surface area contributed by atoms with E-state index in [-0.39, 0.29) is 29.4 Å². The first kappa shape index (κ1) is 27.4. The fourth-order valence-corrected chi connectivity index (χ4v) is 18.4. The Morgan fingerprint density at radius 3 is 1.63 bits per heavy atom. The van der Waals surface area contributed by atoms with Gasteiger partial charge in [0.1, 0.15) is 0 Å². The van der Waals surface area contributed by atoms with Crippen molar-refractivity contribution in [3.05, 3.63) is 35.4 Å². The van der Waals surface area contributed by atoms with E-state index in [0.29, 0.717) is 36.8 Å². The number of alkyl halides is 6. The maximum atomic E-state index is 13.3. The predicted octanol–water partition coefficient (Wildman–Crippen LogP) is 5.41. The summed E-state index contributed by atoms with van der Waals surface area (Å²) in [4.78, 5) is 0. The highest BCUT2D eigenvalue weighted by Gasteiger charge is 2.60. The summed E-state index contributed by atoms with van der Waals surface area (Å²) in [6.45, 7) is 0. The van der Waals surface area contributed by atoms with Gasteiger partial charge in [-0.1, -0.05) is 24.3 Å². The van der Waals surface area contributed by atoms with Crippen molar-refractivity contribution in [2.45, 2.75) is 53.6 Å². The van der Waals surface area contributed by atoms with Crippen LogP contribution in [-0.4, -0.2) is 56.1 Å². The third-order valence-corrected chi connectivity index (χ3v) is 18.5. The maximum absolute atomic E-state index is 13.3. The van der Waals surface area contributed by atoms with E-state index in [0.717, 1.165) is 0 Å². The average molecular weight is 591 g/mol. The molecule has 16 heteroatoms. The van der Waals surface area contributed by atoms with Crippen LogP contribution in [0.5, 0.6) is 0 Å². The third kappa shape index (κ3) is 4.82. The van der Waals surface area contributed by atoms with Crippen LogP contribution in [0.4, 0.5) is 26.3 Å². The summed E-state index contributed by atoms with van der Waals surface area (Å²) in [6.07, 6.45) is 1.64. The second-order valence-corrected chi connectivity index (χ2v) is 18.8. The lowest BCUT2D eigenvalue weighted by Crippen LogP contribution is -2.37. The number of rotatable bonds is 6. The minimum Gasteiger partial charge on any atom is -0.213 e. The molecule has 1 aromatic rings. The molecule has 202 valence electrons. The molecule has 2 unspecified atom stereocenters. The second-order valence-electron chi connectivity index (χ2n) is 8.77. The van der Waals surface area contributed by atoms with E-state index in [1.807, 2.05) is 0 Å². The molecule has 2 heterocycles. The van der Waals surface area contributed by atoms with Crippen LogP contribution in [0.3, 0.4) is 0 Å². The smallest absolute Gasteiger partial charge is 0.213 e. The van der Waals surface area contributed by atoms with Gasteiger partial charge in [-0.3, -0.25) is 0 Å². The lowest BCUT2D eigenvalue weighted by atomic mass is 10.1. The van der Waals surface area contributed by atoms with Crippen molar-refractivity contribution in [1.82, 2.24) is 0 Å². The Morgan fingerprint density at radius 2 is 1.14 bits per heavy atom. The molecular weight excluding hydrogens is 566 g/mol. The standard InChI is InChI=1S/C19H24F6O6S4/c20-18(21,22)34(26,27)30-32(9-3-4-10-32)16-13-14-7-1-2-8-15(14)17(16)33(11-5-6-12-33)31-35(28,29)19(23,24)25/h1-2,7-8,16-17H,3-6,9-13H2. The van der Waals surface area contributed by atoms with Gasteiger partial charge < -0.3 is 0 Å². The van der Waals surface area contributed by atoms with Crippen LogP contribution >= 0.6 is 20.6 Å². The van der Waals surface area contributed by atoms with Gasteiger partial charge in [-0.2, -0.15) is 43.2 Å². The first-order valence-corrected chi connectivity index (χ1v) is 17.4. The topological polar surface area (TPSA) is 86.7 Å². The molecule has 0 N–H and O–H groups in total. The van der Waals surface area contributed by atoms with Crippen LogP contribution in [0, 0.1) is 0 Å². The van der Waals surface area contributed by atoms with Gasteiger partial charge in [0.15, 0.2) is 0 Å². The highest BCUT2D eigenvalue weighted by atomic mass is 32.3. The summed E-state index contributed by atoms with van der Waals surface area (Å²) in [5, 5.41) is -1.91. The van der Waals surface area contributed by atoms with Crippen molar-refractivity contribution in [3.63, 3.8) is 0 Å². The molecule has 6 nitrogen and oxygen atoms in total. The Kier molecular flexibility index (Phi) is 7.00. The highest BCUT2D eigenvalue weighted by molar-refractivity contribution is 8.36. The van der Waals surface area contributed by atoms with Gasteiger partial charge in [0.2, 0.25) is 0 Å². The number of fused-ring (bicyclic) bond motifs is 1. The molecule has 2 aliphatic heterocycles. The van der Waals surface area contributed by atoms with Gasteiger partial charge in [-0.05, 0) is 43.2 Å². The number of halogens is 6. The van der Waals surface area contributed by atoms with Crippen molar-refractivity contribution in [2.75, 3.05) is 23.0 Å². The van der Waals surface area contributed by atoms with Gasteiger partial charge in [-0.25, -0.2) is 7.26 Å². The fourth-order valence-electron chi connectivity index (χ4n) is 5.22. The molecule has 0 saturated carbocycles. The van der Waals surface area contributed by atoms with Crippen molar-refractivity contribution >= 4 is 40.9 Å². The van der Waals surface area contributed by atoms with Crippen LogP contribution < -0.4 is 0 Å². The van der Waals surface area contributed by atoms with Crippen LogP contribution in [0.1, 0.15) is 42.1 Å². The maximum Gasteiger partial charge on any atom is 0.523 e. The molecular formula is C19H24F6O6S4. The molecule has 35 heavy (non-hydrogen) atoms. The predicted molar refractivity (Wildman–Crippen MR) is 122 cm³/mol.